The molecule has 0 aromatic carbocycles. The first-order valence-electron chi connectivity index (χ1n) is 6.02. The van der Waals surface area contributed by atoms with Crippen molar-refractivity contribution in [2.24, 2.45) is 10.8 Å². The van der Waals surface area contributed by atoms with Gasteiger partial charge in [-0.25, -0.2) is 4.79 Å². The van der Waals surface area contributed by atoms with E-state index in [9.17, 15) is 14.4 Å². The van der Waals surface area contributed by atoms with E-state index in [0.717, 1.165) is 0 Å². The number of hydrogen-bond donors (Lipinski definition) is 0. The molecule has 0 aromatic heterocycles. The molecule has 0 aromatic rings. The van der Waals surface area contributed by atoms with Crippen molar-refractivity contribution in [1.29, 1.82) is 0 Å². The third kappa shape index (κ3) is 11.5. The minimum Gasteiger partial charge on any atom is -1.00 e. The molecule has 9 heteroatoms. The molecule has 2 unspecified atom stereocenters. The van der Waals surface area contributed by atoms with Crippen molar-refractivity contribution in [3.63, 3.8) is 0 Å². The minimum absolute atomic E-state index is 0. The van der Waals surface area contributed by atoms with E-state index in [4.69, 9.17) is 0 Å². The van der Waals surface area contributed by atoms with Gasteiger partial charge in [-0.05, 0) is 10.8 Å². The molecule has 0 radical (unpaired) electrons. The Morgan fingerprint density at radius 2 is 1.00 bits per heavy atom. The molecule has 0 fully saturated rings. The molecule has 0 saturated heterocycles. The van der Waals surface area contributed by atoms with Crippen LogP contribution in [-0.2, 0) is 19.1 Å². The Balaban J connectivity index is -0.000000301. The Morgan fingerprint density at radius 3 is 1.18 bits per heavy atom. The molecule has 22 heavy (non-hydrogen) atoms. The first-order chi connectivity index (χ1) is 8.76. The quantitative estimate of drug-likeness (QED) is 0.193. The largest absolute Gasteiger partial charge is 1.00 e. The van der Waals surface area contributed by atoms with Crippen LogP contribution in [0.3, 0.4) is 0 Å². The van der Waals surface area contributed by atoms with E-state index >= 15 is 0 Å². The van der Waals surface area contributed by atoms with E-state index in [2.05, 4.69) is 41.3 Å². The van der Waals surface area contributed by atoms with Gasteiger partial charge in [0, 0.05) is 0 Å². The van der Waals surface area contributed by atoms with Crippen LogP contribution in [0.5, 0.6) is 0 Å². The van der Waals surface area contributed by atoms with Crippen LogP contribution in [0.1, 0.15) is 44.4 Å². The summed E-state index contributed by atoms with van der Waals surface area (Å²) in [4.78, 5) is 33.3. The van der Waals surface area contributed by atoms with E-state index in [0.29, 0.717) is 0 Å². The zero-order valence-corrected chi connectivity index (χ0v) is 23.9. The monoisotopic (exact) mass is 494 g/mol. The number of rotatable bonds is 2. The third-order valence-electron chi connectivity index (χ3n) is 2.30. The van der Waals surface area contributed by atoms with Gasteiger partial charge in [0.15, 0.2) is 0 Å². The van der Waals surface area contributed by atoms with Gasteiger partial charge in [0.05, 0.1) is 0 Å². The van der Waals surface area contributed by atoms with Crippen LogP contribution >= 0.6 is 31.9 Å². The summed E-state index contributed by atoms with van der Waals surface area (Å²) in [5.74, 6) is -1.59. The van der Waals surface area contributed by atoms with Crippen LogP contribution in [0.4, 0.5) is 4.79 Å². The van der Waals surface area contributed by atoms with Crippen molar-refractivity contribution in [3.05, 3.63) is 0 Å². The number of hydrogen-bond acceptors (Lipinski definition) is 5. The number of halogens is 2. The molecule has 0 amide bonds. The molecule has 0 N–H and O–H groups in total. The van der Waals surface area contributed by atoms with Crippen molar-refractivity contribution in [3.8, 4) is 0 Å². The van der Waals surface area contributed by atoms with Crippen LogP contribution in [0, 0.1) is 10.8 Å². The maximum absolute atomic E-state index is 11.7. The van der Waals surface area contributed by atoms with Crippen molar-refractivity contribution in [2.45, 2.75) is 51.2 Å². The van der Waals surface area contributed by atoms with Gasteiger partial charge in [-0.15, -0.1) is 0 Å². The standard InChI is InChI=1S/C13H20Br2O5.2K.2H/c1-12(2,3)7(14)9(16)19-11(18)20-10(17)8(15)13(4,5)6;;;;/h7-8H,1-6H3;;;;/q;2*+1;2*-1. The number of ether oxygens (including phenoxy) is 2. The van der Waals surface area contributed by atoms with Gasteiger partial charge in [0.25, 0.3) is 0 Å². The Bertz CT molecular complexity index is 376. The Labute approximate surface area is 236 Å². The van der Waals surface area contributed by atoms with Gasteiger partial charge in [-0.3, -0.25) is 9.59 Å². The SMILES string of the molecule is CC(C)(C)C(Br)C(=O)OC(=O)OC(=O)C(Br)C(C)(C)C.[H-].[H-].[K+].[K+]. The molecule has 0 aliphatic rings. The summed E-state index contributed by atoms with van der Waals surface area (Å²) < 4.78 is 8.97. The Hall–Kier alpha value is 2.84. The van der Waals surface area contributed by atoms with E-state index in [1.54, 1.807) is 41.5 Å². The summed E-state index contributed by atoms with van der Waals surface area (Å²) in [5.41, 5.74) is -0.852. The Morgan fingerprint density at radius 1 is 0.773 bits per heavy atom. The molecular weight excluding hydrogens is 474 g/mol. The van der Waals surface area contributed by atoms with E-state index in [1.807, 2.05) is 0 Å². The fourth-order valence-corrected chi connectivity index (χ4v) is 1.18. The normalized spacial score (nSPS) is 13.8. The number of alkyl halides is 2. The molecule has 0 bridgehead atoms. The van der Waals surface area contributed by atoms with Gasteiger partial charge < -0.3 is 12.3 Å². The van der Waals surface area contributed by atoms with Gasteiger partial charge in [0.1, 0.15) is 9.65 Å². The molecule has 0 saturated carbocycles. The maximum atomic E-state index is 11.7. The number of carbonyl (C=O) groups is 3. The molecular formula is C13H22Br2K2O5. The predicted molar refractivity (Wildman–Crippen MR) is 84.1 cm³/mol. The minimum atomic E-state index is -1.32. The first-order valence-corrected chi connectivity index (χ1v) is 7.85. The van der Waals surface area contributed by atoms with E-state index in [-0.39, 0.29) is 106 Å². The maximum Gasteiger partial charge on any atom is 1.00 e. The van der Waals surface area contributed by atoms with E-state index < -0.39 is 38.6 Å². The van der Waals surface area contributed by atoms with Crippen LogP contribution in [-0.4, -0.2) is 27.7 Å². The second kappa shape index (κ2) is 12.3. The first kappa shape index (κ1) is 29.6. The van der Waals surface area contributed by atoms with Crippen LogP contribution in [0.15, 0.2) is 0 Å². The van der Waals surface area contributed by atoms with Gasteiger partial charge >= 0.3 is 121 Å². The smallest absolute Gasteiger partial charge is 1.00 e. The van der Waals surface area contributed by atoms with Gasteiger partial charge in [-0.1, -0.05) is 73.4 Å². The zero-order chi connectivity index (χ0) is 16.3. The average molecular weight is 496 g/mol. The molecule has 0 rings (SSSR count). The summed E-state index contributed by atoms with van der Waals surface area (Å²) in [6.07, 6.45) is -1.32. The van der Waals surface area contributed by atoms with Crippen LogP contribution in [0.25, 0.3) is 0 Å². The van der Waals surface area contributed by atoms with Crippen LogP contribution in [0.2, 0.25) is 0 Å². The summed E-state index contributed by atoms with van der Waals surface area (Å²) in [5, 5.41) is 0. The third-order valence-corrected chi connectivity index (χ3v) is 5.80. The molecule has 2 atom stereocenters. The molecule has 0 heterocycles. The summed E-state index contributed by atoms with van der Waals surface area (Å²) in [7, 11) is 0. The second-order valence-corrected chi connectivity index (χ2v) is 8.38. The molecule has 0 aliphatic carbocycles. The van der Waals surface area contributed by atoms with Gasteiger partial charge in [-0.2, -0.15) is 0 Å². The van der Waals surface area contributed by atoms with Gasteiger partial charge in [0.2, 0.25) is 0 Å². The molecule has 0 spiro atoms. The summed E-state index contributed by atoms with van der Waals surface area (Å²) in [6, 6.07) is 0. The summed E-state index contributed by atoms with van der Waals surface area (Å²) >= 11 is 6.29. The molecule has 5 nitrogen and oxygen atoms in total. The zero-order valence-electron chi connectivity index (χ0n) is 16.5. The molecule has 0 aliphatic heterocycles. The molecule has 120 valence electrons. The fraction of sp³-hybridized carbons (Fsp3) is 0.769. The predicted octanol–water partition coefficient (Wildman–Crippen LogP) is -1.95. The van der Waals surface area contributed by atoms with E-state index in [1.165, 1.54) is 0 Å². The van der Waals surface area contributed by atoms with Crippen molar-refractivity contribution in [2.75, 3.05) is 0 Å². The Kier molecular flexibility index (Phi) is 16.5. The van der Waals surface area contributed by atoms with Crippen LogP contribution < -0.4 is 103 Å². The number of esters is 2. The summed E-state index contributed by atoms with van der Waals surface area (Å²) in [6.45, 7) is 10.8. The van der Waals surface area contributed by atoms with Crippen molar-refractivity contribution < 1.29 is 129 Å². The average Bonchev–Trinajstić information content (AvgIpc) is 2.23. The van der Waals surface area contributed by atoms with Crippen molar-refractivity contribution in [1.82, 2.24) is 0 Å². The fourth-order valence-electron chi connectivity index (χ4n) is 0.996. The number of carbonyl (C=O) groups excluding carboxylic acids is 3. The second-order valence-electron chi connectivity index (χ2n) is 6.55. The van der Waals surface area contributed by atoms with Crippen molar-refractivity contribution >= 4 is 50.0 Å². The topological polar surface area (TPSA) is 69.7 Å².